The van der Waals surface area contributed by atoms with E-state index in [2.05, 4.69) is 37.4 Å². The van der Waals surface area contributed by atoms with E-state index in [0.717, 1.165) is 23.9 Å². The molecule has 0 aromatic heterocycles. The van der Waals surface area contributed by atoms with Crippen LogP contribution in [-0.4, -0.2) is 62.1 Å². The minimum Gasteiger partial charge on any atom is -0.381 e. The monoisotopic (exact) mass is 334 g/mol. The maximum atomic E-state index is 6.25. The van der Waals surface area contributed by atoms with Crippen molar-refractivity contribution in [2.24, 2.45) is 0 Å². The van der Waals surface area contributed by atoms with Crippen molar-refractivity contribution >= 4 is 0 Å². The first kappa shape index (κ1) is 16.5. The predicted octanol–water partition coefficient (Wildman–Crippen LogP) is 2.30. The van der Waals surface area contributed by atoms with Gasteiger partial charge in [-0.2, -0.15) is 0 Å². The number of quaternary nitrogens is 1. The second-order valence-electron chi connectivity index (χ2n) is 7.69. The van der Waals surface area contributed by atoms with Gasteiger partial charge in [0, 0.05) is 39.5 Å². The molecule has 5 heteroatoms. The summed E-state index contributed by atoms with van der Waals surface area (Å²) >= 11 is 0. The lowest BCUT2D eigenvalue weighted by atomic mass is 9.95. The number of hydrogen-bond acceptors (Lipinski definition) is 4. The molecule has 4 unspecified atom stereocenters. The zero-order chi connectivity index (χ0) is 16.9. The summed E-state index contributed by atoms with van der Waals surface area (Å²) in [7, 11) is 5.81. The summed E-state index contributed by atoms with van der Waals surface area (Å²) in [5, 5.41) is 0. The Bertz CT molecular complexity index is 570. The van der Waals surface area contributed by atoms with E-state index in [0.29, 0.717) is 12.1 Å². The van der Waals surface area contributed by atoms with Crippen molar-refractivity contribution in [2.75, 3.05) is 21.3 Å². The van der Waals surface area contributed by atoms with Crippen LogP contribution >= 0.6 is 0 Å². The van der Waals surface area contributed by atoms with Crippen molar-refractivity contribution in [3.8, 4) is 0 Å². The summed E-state index contributed by atoms with van der Waals surface area (Å²) in [4.78, 5) is 0. The van der Waals surface area contributed by atoms with Gasteiger partial charge in [0.2, 0.25) is 0 Å². The molecule has 3 aliphatic rings. The van der Waals surface area contributed by atoms with E-state index in [1.54, 1.807) is 7.11 Å². The number of fused-ring (bicyclic) bond motifs is 5. The van der Waals surface area contributed by atoms with Crippen LogP contribution in [0.5, 0.6) is 0 Å². The third kappa shape index (κ3) is 2.42. The molecule has 0 radical (unpaired) electrons. The quantitative estimate of drug-likeness (QED) is 0.792. The van der Waals surface area contributed by atoms with E-state index in [1.807, 2.05) is 14.0 Å². The topological polar surface area (TPSA) is 36.9 Å². The van der Waals surface area contributed by atoms with Crippen molar-refractivity contribution in [2.45, 2.75) is 62.7 Å². The van der Waals surface area contributed by atoms with Gasteiger partial charge in [-0.15, -0.1) is 0 Å². The number of benzene rings is 1. The summed E-state index contributed by atoms with van der Waals surface area (Å²) in [5.41, 5.74) is 1.36. The molecule has 5 nitrogen and oxygen atoms in total. The molecule has 0 saturated carbocycles. The molecule has 3 saturated heterocycles. The highest BCUT2D eigenvalue weighted by molar-refractivity contribution is 5.14. The van der Waals surface area contributed by atoms with E-state index in [9.17, 15) is 0 Å². The minimum absolute atomic E-state index is 0.0637. The van der Waals surface area contributed by atoms with E-state index in [-0.39, 0.29) is 18.3 Å². The summed E-state index contributed by atoms with van der Waals surface area (Å²) in [6.45, 7) is 2.87. The number of likely N-dealkylation sites (N-methyl/N-ethyl adjacent to an activating group) is 1. The van der Waals surface area contributed by atoms with Gasteiger partial charge in [-0.1, -0.05) is 30.3 Å². The zero-order valence-corrected chi connectivity index (χ0v) is 15.0. The lowest BCUT2D eigenvalue weighted by molar-refractivity contribution is -0.966. The Labute approximate surface area is 144 Å². The molecule has 132 valence electrons. The van der Waals surface area contributed by atoms with Gasteiger partial charge in [-0.3, -0.25) is 0 Å². The largest absolute Gasteiger partial charge is 0.381 e. The smallest absolute Gasteiger partial charge is 0.280 e. The van der Waals surface area contributed by atoms with Gasteiger partial charge in [-0.25, -0.2) is 0 Å². The number of piperidine rings is 1. The number of rotatable bonds is 4. The van der Waals surface area contributed by atoms with Crippen LogP contribution in [0.3, 0.4) is 0 Å². The van der Waals surface area contributed by atoms with Crippen LogP contribution in [0.1, 0.15) is 25.3 Å². The van der Waals surface area contributed by atoms with E-state index in [1.165, 1.54) is 5.56 Å². The average Bonchev–Trinajstić information content (AvgIpc) is 2.95. The summed E-state index contributed by atoms with van der Waals surface area (Å²) in [5.74, 6) is -0.913. The maximum absolute atomic E-state index is 6.25. The van der Waals surface area contributed by atoms with Crippen molar-refractivity contribution in [3.05, 3.63) is 35.9 Å². The molecule has 24 heavy (non-hydrogen) atoms. The van der Waals surface area contributed by atoms with Crippen molar-refractivity contribution in [1.82, 2.24) is 0 Å². The average molecular weight is 334 g/mol. The second kappa shape index (κ2) is 5.78. The fourth-order valence-electron chi connectivity index (χ4n) is 5.05. The molecular formula is C19H28NO4+. The number of nitrogens with zero attached hydrogens (tertiary/aromatic N) is 1. The summed E-state index contributed by atoms with van der Waals surface area (Å²) in [6, 6.07) is 11.4. The first-order chi connectivity index (χ1) is 11.5. The Balaban J connectivity index is 1.65. The molecule has 0 spiro atoms. The fraction of sp³-hybridized carbons (Fsp3) is 0.684. The molecule has 2 bridgehead atoms. The first-order valence-electron chi connectivity index (χ1n) is 8.81. The lowest BCUT2D eigenvalue weighted by Gasteiger charge is -2.48. The van der Waals surface area contributed by atoms with Crippen LogP contribution in [0, 0.1) is 0 Å². The van der Waals surface area contributed by atoms with Crippen LogP contribution in [0.4, 0.5) is 0 Å². The normalized spacial score (nSPS) is 46.9. The number of methoxy groups -OCH3 is 2. The Hall–Kier alpha value is -0.980. The van der Waals surface area contributed by atoms with Crippen LogP contribution in [0.2, 0.25) is 0 Å². The SMILES string of the molecule is COC1CC2C3OC(C)(OC)OC3C(C1)[N+]2(C)Cc1ccccc1. The molecule has 0 N–H and O–H groups in total. The second-order valence-corrected chi connectivity index (χ2v) is 7.69. The van der Waals surface area contributed by atoms with Crippen molar-refractivity contribution in [1.29, 1.82) is 0 Å². The van der Waals surface area contributed by atoms with Crippen LogP contribution in [-0.2, 0) is 25.5 Å². The highest BCUT2D eigenvalue weighted by Crippen LogP contribution is 2.51. The van der Waals surface area contributed by atoms with Gasteiger partial charge in [0.1, 0.15) is 30.8 Å². The Morgan fingerprint density at radius 2 is 1.67 bits per heavy atom. The Morgan fingerprint density at radius 3 is 2.17 bits per heavy atom. The van der Waals surface area contributed by atoms with Gasteiger partial charge in [-0.05, 0) is 0 Å². The molecule has 3 fully saturated rings. The molecule has 3 aliphatic heterocycles. The van der Waals surface area contributed by atoms with Gasteiger partial charge in [0.25, 0.3) is 5.97 Å². The number of ether oxygens (including phenoxy) is 4. The van der Waals surface area contributed by atoms with Crippen LogP contribution < -0.4 is 0 Å². The Kier molecular flexibility index (Phi) is 3.97. The van der Waals surface area contributed by atoms with E-state index in [4.69, 9.17) is 18.9 Å². The first-order valence-corrected chi connectivity index (χ1v) is 8.81. The van der Waals surface area contributed by atoms with Crippen LogP contribution in [0.15, 0.2) is 30.3 Å². The van der Waals surface area contributed by atoms with Crippen molar-refractivity contribution < 1.29 is 23.4 Å². The van der Waals surface area contributed by atoms with Gasteiger partial charge in [0.05, 0.1) is 13.2 Å². The standard InChI is InChI=1S/C19H28NO4/c1-19(22-4)23-17-15-10-14(21-3)11-16(18(17)24-19)20(15,2)12-13-8-6-5-7-9-13/h5-9,14-18H,10-12H2,1-4H3/q+1. The highest BCUT2D eigenvalue weighted by Gasteiger charge is 2.69. The molecule has 4 atom stereocenters. The third-order valence-electron chi connectivity index (χ3n) is 6.38. The Morgan fingerprint density at radius 1 is 1.08 bits per heavy atom. The molecule has 4 rings (SSSR count). The van der Waals surface area contributed by atoms with E-state index >= 15 is 0 Å². The molecular weight excluding hydrogens is 306 g/mol. The molecule has 3 heterocycles. The fourth-order valence-corrected chi connectivity index (χ4v) is 5.05. The molecule has 1 aromatic carbocycles. The molecule has 0 aliphatic carbocycles. The minimum atomic E-state index is -0.913. The summed E-state index contributed by atoms with van der Waals surface area (Å²) < 4.78 is 24.6. The zero-order valence-electron chi connectivity index (χ0n) is 15.0. The van der Waals surface area contributed by atoms with E-state index < -0.39 is 5.97 Å². The van der Waals surface area contributed by atoms with Gasteiger partial charge < -0.3 is 23.4 Å². The highest BCUT2D eigenvalue weighted by atomic mass is 16.9. The molecule has 0 amide bonds. The predicted molar refractivity (Wildman–Crippen MR) is 89.1 cm³/mol. The lowest BCUT2D eigenvalue weighted by Crippen LogP contribution is -2.61. The summed E-state index contributed by atoms with van der Waals surface area (Å²) in [6.07, 6.45) is 2.41. The van der Waals surface area contributed by atoms with Crippen molar-refractivity contribution in [3.63, 3.8) is 0 Å². The van der Waals surface area contributed by atoms with Gasteiger partial charge >= 0.3 is 0 Å². The maximum Gasteiger partial charge on any atom is 0.280 e. The van der Waals surface area contributed by atoms with Crippen LogP contribution in [0.25, 0.3) is 0 Å². The third-order valence-corrected chi connectivity index (χ3v) is 6.38. The van der Waals surface area contributed by atoms with Gasteiger partial charge in [0.15, 0.2) is 0 Å². The number of hydrogen-bond donors (Lipinski definition) is 0. The molecule has 1 aromatic rings.